The van der Waals surface area contributed by atoms with Crippen molar-refractivity contribution in [1.29, 1.82) is 5.26 Å². The molecule has 9 heteroatoms. The molecule has 0 saturated heterocycles. The lowest BCUT2D eigenvalue weighted by molar-refractivity contribution is -0.123. The van der Waals surface area contributed by atoms with E-state index in [0.717, 1.165) is 39.0 Å². The monoisotopic (exact) mass is 652 g/mol. The standard InChI is InChI=1S/C38H41ClN4O4/c1-7-29(30-15-10-9-14-27(30)24-40)35(32-23-26-13-8-11-16-31(26)36(32)39)28-18-19-33(41-25-28)46-22-21-43(37(45)47-38(2,3)4)20-12-17-34(44)42(5)6/h8-19,25H,7,20-23H2,1-6H3/b17-12+,35-29+. The maximum absolute atomic E-state index is 12.9. The molecule has 0 unspecified atom stereocenters. The van der Waals surface area contributed by atoms with E-state index in [-0.39, 0.29) is 25.6 Å². The third-order valence-corrected chi connectivity index (χ3v) is 7.96. The lowest BCUT2D eigenvalue weighted by Gasteiger charge is -2.26. The van der Waals surface area contributed by atoms with Crippen molar-refractivity contribution in [2.45, 2.75) is 46.1 Å². The van der Waals surface area contributed by atoms with Crippen molar-refractivity contribution in [3.63, 3.8) is 0 Å². The third-order valence-electron chi connectivity index (χ3n) is 7.53. The molecule has 0 radical (unpaired) electrons. The molecule has 1 aromatic heterocycles. The highest BCUT2D eigenvalue weighted by molar-refractivity contribution is 6.51. The molecule has 1 aliphatic carbocycles. The van der Waals surface area contributed by atoms with Crippen molar-refractivity contribution in [3.8, 4) is 11.9 Å². The predicted molar refractivity (Wildman–Crippen MR) is 187 cm³/mol. The number of hydrogen-bond donors (Lipinski definition) is 0. The Kier molecular flexibility index (Phi) is 11.6. The molecule has 47 heavy (non-hydrogen) atoms. The van der Waals surface area contributed by atoms with Crippen LogP contribution in [0.3, 0.4) is 0 Å². The summed E-state index contributed by atoms with van der Waals surface area (Å²) < 4.78 is 11.5. The smallest absolute Gasteiger partial charge is 0.410 e. The number of rotatable bonds is 11. The topological polar surface area (TPSA) is 95.8 Å². The zero-order chi connectivity index (χ0) is 34.1. The Balaban J connectivity index is 1.60. The number of halogens is 1. The number of ether oxygens (including phenoxy) is 2. The summed E-state index contributed by atoms with van der Waals surface area (Å²) >= 11 is 7.05. The summed E-state index contributed by atoms with van der Waals surface area (Å²) in [6.45, 7) is 8.04. The second-order valence-electron chi connectivity index (χ2n) is 12.3. The molecule has 0 fully saturated rings. The summed E-state index contributed by atoms with van der Waals surface area (Å²) in [4.78, 5) is 32.4. The summed E-state index contributed by atoms with van der Waals surface area (Å²) in [6.07, 6.45) is 5.64. The number of pyridine rings is 1. The number of likely N-dealkylation sites (N-methyl/N-ethyl adjacent to an activating group) is 1. The van der Waals surface area contributed by atoms with Crippen molar-refractivity contribution in [3.05, 3.63) is 112 Å². The molecular formula is C38H41ClN4O4. The summed E-state index contributed by atoms with van der Waals surface area (Å²) in [5.74, 6) is 0.213. The van der Waals surface area contributed by atoms with Crippen molar-refractivity contribution in [2.75, 3.05) is 33.8 Å². The van der Waals surface area contributed by atoms with Gasteiger partial charge in [0.15, 0.2) is 0 Å². The molecule has 0 spiro atoms. The van der Waals surface area contributed by atoms with Gasteiger partial charge >= 0.3 is 6.09 Å². The van der Waals surface area contributed by atoms with E-state index in [0.29, 0.717) is 29.3 Å². The van der Waals surface area contributed by atoms with Gasteiger partial charge in [-0.1, -0.05) is 67.1 Å². The number of amides is 2. The van der Waals surface area contributed by atoms with Crippen LogP contribution < -0.4 is 4.74 Å². The van der Waals surface area contributed by atoms with Gasteiger partial charge in [-0.2, -0.15) is 5.26 Å². The number of carbonyl (C=O) groups is 2. The van der Waals surface area contributed by atoms with Crippen LogP contribution >= 0.6 is 11.6 Å². The average Bonchev–Trinajstić information content (AvgIpc) is 3.37. The van der Waals surface area contributed by atoms with Crippen LogP contribution in [0.25, 0.3) is 16.2 Å². The zero-order valence-corrected chi connectivity index (χ0v) is 28.6. The molecular weight excluding hydrogens is 612 g/mol. The van der Waals surface area contributed by atoms with Gasteiger partial charge in [-0.05, 0) is 72.7 Å². The molecule has 0 saturated carbocycles. The lowest BCUT2D eigenvalue weighted by atomic mass is 9.86. The SMILES string of the molecule is CC/C(=C(\C1=C(Cl)c2ccccc2C1)c1ccc(OCCN(C/C=C/C(=O)N(C)C)C(=O)OC(C)(C)C)nc1)c1ccccc1C#N. The first kappa shape index (κ1) is 35.0. The van der Waals surface area contributed by atoms with Crippen LogP contribution in [0, 0.1) is 11.3 Å². The highest BCUT2D eigenvalue weighted by Gasteiger charge is 2.27. The van der Waals surface area contributed by atoms with E-state index < -0.39 is 11.7 Å². The van der Waals surface area contributed by atoms with Gasteiger partial charge in [-0.15, -0.1) is 0 Å². The fourth-order valence-corrected chi connectivity index (χ4v) is 5.63. The van der Waals surface area contributed by atoms with Gasteiger partial charge in [0.05, 0.1) is 23.2 Å². The number of aromatic nitrogens is 1. The van der Waals surface area contributed by atoms with Crippen LogP contribution in [0.15, 0.2) is 84.6 Å². The van der Waals surface area contributed by atoms with Crippen LogP contribution in [0.1, 0.15) is 61.9 Å². The van der Waals surface area contributed by atoms with Gasteiger partial charge in [0.2, 0.25) is 11.8 Å². The largest absolute Gasteiger partial charge is 0.476 e. The summed E-state index contributed by atoms with van der Waals surface area (Å²) in [5.41, 5.74) is 6.74. The number of fused-ring (bicyclic) bond motifs is 1. The Morgan fingerprint density at radius 1 is 1.06 bits per heavy atom. The fraction of sp³-hybridized carbons (Fsp3) is 0.316. The summed E-state index contributed by atoms with van der Waals surface area (Å²) in [7, 11) is 3.32. The van der Waals surface area contributed by atoms with E-state index in [1.54, 1.807) is 53.2 Å². The highest BCUT2D eigenvalue weighted by atomic mass is 35.5. The van der Waals surface area contributed by atoms with E-state index in [1.165, 1.54) is 15.9 Å². The number of allylic oxidation sites excluding steroid dienone is 3. The first-order valence-corrected chi connectivity index (χ1v) is 16.0. The number of nitriles is 1. The molecule has 0 atom stereocenters. The van der Waals surface area contributed by atoms with E-state index in [2.05, 4.69) is 24.0 Å². The molecule has 2 amide bonds. The Hall–Kier alpha value is -4.87. The summed E-state index contributed by atoms with van der Waals surface area (Å²) in [5, 5.41) is 10.6. The van der Waals surface area contributed by atoms with Gasteiger partial charge in [0, 0.05) is 51.0 Å². The maximum atomic E-state index is 12.9. The Bertz CT molecular complexity index is 1740. The van der Waals surface area contributed by atoms with E-state index in [9.17, 15) is 14.9 Å². The Morgan fingerprint density at radius 3 is 2.43 bits per heavy atom. The van der Waals surface area contributed by atoms with E-state index in [1.807, 2.05) is 48.5 Å². The molecule has 4 rings (SSSR count). The number of nitrogens with zero attached hydrogens (tertiary/aromatic N) is 4. The molecule has 0 aliphatic heterocycles. The Morgan fingerprint density at radius 2 is 1.79 bits per heavy atom. The highest BCUT2D eigenvalue weighted by Crippen LogP contribution is 2.45. The number of hydrogen-bond acceptors (Lipinski definition) is 6. The van der Waals surface area contributed by atoms with Crippen molar-refractivity contribution >= 4 is 39.8 Å². The zero-order valence-electron chi connectivity index (χ0n) is 27.8. The third kappa shape index (κ3) is 8.90. The fourth-order valence-electron chi connectivity index (χ4n) is 5.28. The lowest BCUT2D eigenvalue weighted by Crippen LogP contribution is -2.39. The first-order valence-electron chi connectivity index (χ1n) is 15.6. The van der Waals surface area contributed by atoms with Gasteiger partial charge in [-0.3, -0.25) is 4.79 Å². The molecule has 3 aromatic rings. The van der Waals surface area contributed by atoms with E-state index in [4.69, 9.17) is 21.1 Å². The molecule has 244 valence electrons. The molecule has 0 N–H and O–H groups in total. The molecule has 8 nitrogen and oxygen atoms in total. The van der Waals surface area contributed by atoms with E-state index >= 15 is 0 Å². The van der Waals surface area contributed by atoms with Crippen molar-refractivity contribution in [1.82, 2.24) is 14.8 Å². The Labute approximate surface area is 282 Å². The molecule has 1 aliphatic rings. The van der Waals surface area contributed by atoms with Gasteiger partial charge in [0.1, 0.15) is 12.2 Å². The van der Waals surface area contributed by atoms with Crippen LogP contribution in [-0.4, -0.2) is 66.2 Å². The average molecular weight is 653 g/mol. The number of carbonyl (C=O) groups excluding carboxylic acids is 2. The van der Waals surface area contributed by atoms with Gasteiger partial charge < -0.3 is 19.3 Å². The minimum Gasteiger partial charge on any atom is -0.476 e. The van der Waals surface area contributed by atoms with Crippen LogP contribution in [0.2, 0.25) is 0 Å². The minimum atomic E-state index is -0.675. The molecule has 2 aromatic carbocycles. The van der Waals surface area contributed by atoms with Crippen LogP contribution in [0.4, 0.5) is 4.79 Å². The van der Waals surface area contributed by atoms with Gasteiger partial charge in [-0.25, -0.2) is 9.78 Å². The van der Waals surface area contributed by atoms with Crippen LogP contribution in [0.5, 0.6) is 5.88 Å². The first-order chi connectivity index (χ1) is 22.4. The summed E-state index contributed by atoms with van der Waals surface area (Å²) in [6, 6.07) is 21.8. The molecule has 1 heterocycles. The normalized spacial score (nSPS) is 13.1. The second-order valence-corrected chi connectivity index (χ2v) is 12.7. The predicted octanol–water partition coefficient (Wildman–Crippen LogP) is 7.74. The van der Waals surface area contributed by atoms with Crippen molar-refractivity contribution in [2.24, 2.45) is 0 Å². The maximum Gasteiger partial charge on any atom is 0.410 e. The van der Waals surface area contributed by atoms with Crippen molar-refractivity contribution < 1.29 is 19.1 Å². The van der Waals surface area contributed by atoms with Crippen LogP contribution in [-0.2, 0) is 16.0 Å². The minimum absolute atomic E-state index is 0.159. The number of benzene rings is 2. The second kappa shape index (κ2) is 15.6. The van der Waals surface area contributed by atoms with Gasteiger partial charge in [0.25, 0.3) is 0 Å². The quantitative estimate of drug-likeness (QED) is 0.197. The molecule has 0 bridgehead atoms.